The van der Waals surface area contributed by atoms with E-state index in [1.165, 1.54) is 19.3 Å². The lowest BCUT2D eigenvalue weighted by Gasteiger charge is -2.20. The summed E-state index contributed by atoms with van der Waals surface area (Å²) >= 11 is 5.89. The van der Waals surface area contributed by atoms with Gasteiger partial charge >= 0.3 is 5.97 Å². The van der Waals surface area contributed by atoms with Crippen LogP contribution < -0.4 is 5.32 Å². The van der Waals surface area contributed by atoms with Crippen molar-refractivity contribution in [2.45, 2.75) is 38.6 Å². The second kappa shape index (κ2) is 7.35. The Morgan fingerprint density at radius 1 is 1.26 bits per heavy atom. The number of rotatable bonds is 6. The third-order valence-electron chi connectivity index (χ3n) is 5.06. The first-order chi connectivity index (χ1) is 11.1. The van der Waals surface area contributed by atoms with Crippen LogP contribution in [0.2, 0.25) is 5.02 Å². The van der Waals surface area contributed by atoms with Crippen LogP contribution in [-0.4, -0.2) is 18.5 Å². The number of carbonyl (C=O) groups excluding carboxylic acids is 2. The van der Waals surface area contributed by atoms with Crippen LogP contribution in [0.25, 0.3) is 0 Å². The molecule has 0 aliphatic heterocycles. The number of benzene rings is 1. The summed E-state index contributed by atoms with van der Waals surface area (Å²) in [5.74, 6) is 1.45. The Bertz CT molecular complexity index is 589. The van der Waals surface area contributed by atoms with Crippen LogP contribution in [0.3, 0.4) is 0 Å². The Balaban J connectivity index is 1.34. The lowest BCUT2D eigenvalue weighted by Crippen LogP contribution is -2.29. The van der Waals surface area contributed by atoms with Crippen molar-refractivity contribution in [2.24, 2.45) is 17.8 Å². The van der Waals surface area contributed by atoms with Gasteiger partial charge in [0.25, 0.3) is 5.91 Å². The third kappa shape index (κ3) is 4.47. The molecule has 124 valence electrons. The van der Waals surface area contributed by atoms with Crippen LogP contribution in [0.1, 0.15) is 37.7 Å². The smallest absolute Gasteiger partial charge is 0.306 e. The van der Waals surface area contributed by atoms with Crippen LogP contribution in [-0.2, 0) is 20.9 Å². The maximum absolute atomic E-state index is 11.9. The summed E-state index contributed by atoms with van der Waals surface area (Å²) in [5, 5.41) is 3.36. The molecule has 0 spiro atoms. The zero-order valence-electron chi connectivity index (χ0n) is 13.1. The lowest BCUT2D eigenvalue weighted by atomic mass is 9.86. The molecule has 23 heavy (non-hydrogen) atoms. The van der Waals surface area contributed by atoms with Gasteiger partial charge in [-0.3, -0.25) is 9.59 Å². The number of halogens is 1. The summed E-state index contributed by atoms with van der Waals surface area (Å²) in [7, 11) is 0. The van der Waals surface area contributed by atoms with Gasteiger partial charge in [-0.05, 0) is 54.7 Å². The molecule has 2 saturated carbocycles. The number of carbonyl (C=O) groups is 2. The number of fused-ring (bicyclic) bond motifs is 2. The van der Waals surface area contributed by atoms with Gasteiger partial charge in [0.1, 0.15) is 0 Å². The molecule has 0 saturated heterocycles. The van der Waals surface area contributed by atoms with E-state index in [1.54, 1.807) is 12.1 Å². The quantitative estimate of drug-likeness (QED) is 0.811. The number of esters is 1. The van der Waals surface area contributed by atoms with E-state index >= 15 is 0 Å². The Morgan fingerprint density at radius 3 is 2.83 bits per heavy atom. The SMILES string of the molecule is O=C(COC(=O)C[C@@H]1C[C@@H]2CC[C@@H]1C2)NCc1cccc(Cl)c1. The largest absolute Gasteiger partial charge is 0.456 e. The molecule has 0 radical (unpaired) electrons. The van der Waals surface area contributed by atoms with E-state index in [0.29, 0.717) is 29.8 Å². The van der Waals surface area contributed by atoms with Crippen LogP contribution in [0.4, 0.5) is 0 Å². The summed E-state index contributed by atoms with van der Waals surface area (Å²) < 4.78 is 5.11. The normalized spacial score (nSPS) is 25.3. The van der Waals surface area contributed by atoms with Crippen molar-refractivity contribution in [3.63, 3.8) is 0 Å². The topological polar surface area (TPSA) is 55.4 Å². The minimum Gasteiger partial charge on any atom is -0.456 e. The molecule has 2 aliphatic carbocycles. The average Bonchev–Trinajstić information content (AvgIpc) is 3.14. The first kappa shape index (κ1) is 16.3. The fourth-order valence-corrected chi connectivity index (χ4v) is 4.16. The number of hydrogen-bond donors (Lipinski definition) is 1. The molecule has 0 aromatic heterocycles. The van der Waals surface area contributed by atoms with Gasteiger partial charge in [-0.25, -0.2) is 0 Å². The number of amides is 1. The van der Waals surface area contributed by atoms with E-state index in [2.05, 4.69) is 5.32 Å². The van der Waals surface area contributed by atoms with Gasteiger partial charge in [0.05, 0.1) is 0 Å². The Labute approximate surface area is 141 Å². The maximum Gasteiger partial charge on any atom is 0.306 e. The van der Waals surface area contributed by atoms with E-state index in [4.69, 9.17) is 16.3 Å². The number of nitrogens with one attached hydrogen (secondary N) is 1. The van der Waals surface area contributed by atoms with Crippen molar-refractivity contribution in [3.05, 3.63) is 34.9 Å². The predicted octanol–water partition coefficient (Wildman–Crippen LogP) is 3.33. The van der Waals surface area contributed by atoms with Crippen molar-refractivity contribution in [1.29, 1.82) is 0 Å². The number of ether oxygens (including phenoxy) is 1. The van der Waals surface area contributed by atoms with Crippen molar-refractivity contribution in [2.75, 3.05) is 6.61 Å². The summed E-state index contributed by atoms with van der Waals surface area (Å²) in [6.07, 6.45) is 5.46. The fraction of sp³-hybridized carbons (Fsp3) is 0.556. The number of hydrogen-bond acceptors (Lipinski definition) is 3. The highest BCUT2D eigenvalue weighted by molar-refractivity contribution is 6.30. The molecule has 0 heterocycles. The Hall–Kier alpha value is -1.55. The van der Waals surface area contributed by atoms with Crippen LogP contribution in [0, 0.1) is 17.8 Å². The summed E-state index contributed by atoms with van der Waals surface area (Å²) in [6.45, 7) is 0.170. The monoisotopic (exact) mass is 335 g/mol. The standard InChI is InChI=1S/C18H22ClNO3/c19-16-3-1-2-13(8-16)10-20-17(21)11-23-18(22)9-15-7-12-4-5-14(15)6-12/h1-3,8,12,14-15H,4-7,9-11H2,(H,20,21)/t12-,14-,15+/m1/s1. The molecule has 3 rings (SSSR count). The molecule has 4 nitrogen and oxygen atoms in total. The summed E-state index contributed by atoms with van der Waals surface area (Å²) in [5.41, 5.74) is 0.916. The van der Waals surface area contributed by atoms with Crippen molar-refractivity contribution >= 4 is 23.5 Å². The lowest BCUT2D eigenvalue weighted by molar-refractivity contribution is -0.149. The first-order valence-corrected chi connectivity index (χ1v) is 8.64. The van der Waals surface area contributed by atoms with E-state index < -0.39 is 0 Å². The molecule has 1 N–H and O–H groups in total. The second-order valence-corrected chi connectivity index (χ2v) is 7.14. The van der Waals surface area contributed by atoms with Crippen molar-refractivity contribution < 1.29 is 14.3 Å². The molecule has 5 heteroatoms. The van der Waals surface area contributed by atoms with Gasteiger partial charge in [-0.1, -0.05) is 30.2 Å². The predicted molar refractivity (Wildman–Crippen MR) is 87.8 cm³/mol. The fourth-order valence-electron chi connectivity index (χ4n) is 3.94. The Morgan fingerprint density at radius 2 is 2.13 bits per heavy atom. The maximum atomic E-state index is 11.9. The Kier molecular flexibility index (Phi) is 5.21. The molecule has 3 atom stereocenters. The molecule has 2 fully saturated rings. The summed E-state index contributed by atoms with van der Waals surface area (Å²) in [4.78, 5) is 23.6. The van der Waals surface area contributed by atoms with Crippen molar-refractivity contribution in [3.8, 4) is 0 Å². The van der Waals surface area contributed by atoms with Crippen LogP contribution in [0.15, 0.2) is 24.3 Å². The third-order valence-corrected chi connectivity index (χ3v) is 5.29. The minimum atomic E-state index is -0.286. The highest BCUT2D eigenvalue weighted by Gasteiger charge is 2.40. The average molecular weight is 336 g/mol. The van der Waals surface area contributed by atoms with E-state index in [0.717, 1.165) is 17.9 Å². The highest BCUT2D eigenvalue weighted by atomic mass is 35.5. The van der Waals surface area contributed by atoms with Gasteiger partial charge in [0, 0.05) is 18.0 Å². The minimum absolute atomic E-state index is 0.208. The van der Waals surface area contributed by atoms with E-state index in [-0.39, 0.29) is 18.5 Å². The molecule has 1 amide bonds. The molecular formula is C18H22ClNO3. The van der Waals surface area contributed by atoms with Gasteiger partial charge in [-0.15, -0.1) is 0 Å². The molecular weight excluding hydrogens is 314 g/mol. The molecule has 2 aliphatic rings. The van der Waals surface area contributed by atoms with Gasteiger partial charge < -0.3 is 10.1 Å². The molecule has 0 unspecified atom stereocenters. The molecule has 1 aromatic carbocycles. The van der Waals surface area contributed by atoms with Gasteiger partial charge in [0.2, 0.25) is 0 Å². The first-order valence-electron chi connectivity index (χ1n) is 8.27. The van der Waals surface area contributed by atoms with E-state index in [1.807, 2.05) is 12.1 Å². The zero-order valence-corrected chi connectivity index (χ0v) is 13.8. The van der Waals surface area contributed by atoms with E-state index in [9.17, 15) is 9.59 Å². The van der Waals surface area contributed by atoms with Crippen LogP contribution >= 0.6 is 11.6 Å². The van der Waals surface area contributed by atoms with Crippen LogP contribution in [0.5, 0.6) is 0 Å². The second-order valence-electron chi connectivity index (χ2n) is 6.71. The van der Waals surface area contributed by atoms with Crippen molar-refractivity contribution in [1.82, 2.24) is 5.32 Å². The summed E-state index contributed by atoms with van der Waals surface area (Å²) in [6, 6.07) is 7.29. The highest BCUT2D eigenvalue weighted by Crippen LogP contribution is 2.49. The molecule has 1 aromatic rings. The van der Waals surface area contributed by atoms with Gasteiger partial charge in [-0.2, -0.15) is 0 Å². The zero-order chi connectivity index (χ0) is 16.2. The van der Waals surface area contributed by atoms with Gasteiger partial charge in [0.15, 0.2) is 6.61 Å². The molecule has 2 bridgehead atoms.